The molecule has 1 aliphatic rings. The van der Waals surface area contributed by atoms with E-state index in [4.69, 9.17) is 16.3 Å². The first kappa shape index (κ1) is 19.9. The Morgan fingerprint density at radius 1 is 1.04 bits per heavy atom. The second kappa shape index (κ2) is 9.90. The molecule has 2 aromatic carbocycles. The van der Waals surface area contributed by atoms with Crippen molar-refractivity contribution in [2.24, 2.45) is 5.10 Å². The lowest BCUT2D eigenvalue weighted by molar-refractivity contribution is -0.146. The average Bonchev–Trinajstić information content (AvgIpc) is 2.74. The van der Waals surface area contributed by atoms with E-state index in [0.29, 0.717) is 24.7 Å². The summed E-state index contributed by atoms with van der Waals surface area (Å²) >= 11 is 5.86. The minimum Gasteiger partial charge on any atom is -0.489 e. The number of piperidine rings is 1. The normalized spacial score (nSPS) is 14.1. The first-order chi connectivity index (χ1) is 13.6. The van der Waals surface area contributed by atoms with E-state index in [1.54, 1.807) is 4.90 Å². The van der Waals surface area contributed by atoms with Crippen LogP contribution in [0.25, 0.3) is 0 Å². The third-order valence-corrected chi connectivity index (χ3v) is 4.67. The van der Waals surface area contributed by atoms with Crippen LogP contribution in [-0.4, -0.2) is 36.0 Å². The summed E-state index contributed by atoms with van der Waals surface area (Å²) < 4.78 is 5.72. The van der Waals surface area contributed by atoms with Gasteiger partial charge in [-0.1, -0.05) is 23.7 Å². The SMILES string of the molecule is O=C(N/N=C/c1ccc(OCc2ccc(Cl)cc2)cc1)C(=O)N1CCCCC1. The monoisotopic (exact) mass is 399 g/mol. The number of hydrazone groups is 1. The summed E-state index contributed by atoms with van der Waals surface area (Å²) in [5, 5.41) is 4.56. The molecule has 0 atom stereocenters. The molecule has 1 N–H and O–H groups in total. The van der Waals surface area contributed by atoms with Gasteiger partial charge >= 0.3 is 11.8 Å². The molecular weight excluding hydrogens is 378 g/mol. The van der Waals surface area contributed by atoms with Gasteiger partial charge in [0.2, 0.25) is 0 Å². The van der Waals surface area contributed by atoms with Gasteiger partial charge in [0.15, 0.2) is 0 Å². The van der Waals surface area contributed by atoms with Crippen molar-refractivity contribution in [3.63, 3.8) is 0 Å². The van der Waals surface area contributed by atoms with Gasteiger partial charge in [-0.05, 0) is 66.8 Å². The molecule has 1 saturated heterocycles. The third-order valence-electron chi connectivity index (χ3n) is 4.42. The lowest BCUT2D eigenvalue weighted by Gasteiger charge is -2.25. The Bertz CT molecular complexity index is 829. The van der Waals surface area contributed by atoms with E-state index < -0.39 is 11.8 Å². The molecule has 2 aromatic rings. The van der Waals surface area contributed by atoms with Crippen LogP contribution in [0, 0.1) is 0 Å². The van der Waals surface area contributed by atoms with Gasteiger partial charge in [0.1, 0.15) is 12.4 Å². The predicted octanol–water partition coefficient (Wildman–Crippen LogP) is 3.38. The Balaban J connectivity index is 1.46. The molecule has 1 aliphatic heterocycles. The van der Waals surface area contributed by atoms with Crippen LogP contribution >= 0.6 is 11.6 Å². The number of amides is 2. The van der Waals surface area contributed by atoms with Crippen LogP contribution in [-0.2, 0) is 16.2 Å². The molecule has 6 nitrogen and oxygen atoms in total. The number of hydrogen-bond donors (Lipinski definition) is 1. The number of carbonyl (C=O) groups is 2. The summed E-state index contributed by atoms with van der Waals surface area (Å²) in [7, 11) is 0. The zero-order chi connectivity index (χ0) is 19.8. The predicted molar refractivity (Wildman–Crippen MR) is 108 cm³/mol. The molecule has 0 saturated carbocycles. The van der Waals surface area contributed by atoms with E-state index in [2.05, 4.69) is 10.5 Å². The van der Waals surface area contributed by atoms with Gasteiger partial charge in [-0.3, -0.25) is 9.59 Å². The number of likely N-dealkylation sites (tertiary alicyclic amines) is 1. The number of ether oxygens (including phenoxy) is 1. The summed E-state index contributed by atoms with van der Waals surface area (Å²) in [5.41, 5.74) is 4.10. The van der Waals surface area contributed by atoms with Crippen molar-refractivity contribution in [1.82, 2.24) is 10.3 Å². The second-order valence-electron chi connectivity index (χ2n) is 6.54. The van der Waals surface area contributed by atoms with Gasteiger partial charge in [0.25, 0.3) is 0 Å². The fraction of sp³-hybridized carbons (Fsp3) is 0.286. The molecule has 1 fully saturated rings. The van der Waals surface area contributed by atoms with Gasteiger partial charge in [0.05, 0.1) is 6.21 Å². The topological polar surface area (TPSA) is 71.0 Å². The molecule has 0 aromatic heterocycles. The molecule has 0 bridgehead atoms. The average molecular weight is 400 g/mol. The highest BCUT2D eigenvalue weighted by Gasteiger charge is 2.22. The summed E-state index contributed by atoms with van der Waals surface area (Å²) in [5.74, 6) is -0.514. The lowest BCUT2D eigenvalue weighted by Crippen LogP contribution is -2.43. The van der Waals surface area contributed by atoms with E-state index >= 15 is 0 Å². The van der Waals surface area contributed by atoms with Crippen molar-refractivity contribution in [2.75, 3.05) is 13.1 Å². The highest BCUT2D eigenvalue weighted by Crippen LogP contribution is 2.15. The van der Waals surface area contributed by atoms with Gasteiger partial charge in [-0.15, -0.1) is 0 Å². The molecule has 2 amide bonds. The standard InChI is InChI=1S/C21H22ClN3O3/c22-18-8-4-17(5-9-18)15-28-19-10-6-16(7-11-19)14-23-24-20(26)21(27)25-12-2-1-3-13-25/h4-11,14H,1-3,12-13,15H2,(H,24,26)/b23-14+. The van der Waals surface area contributed by atoms with Gasteiger partial charge in [-0.2, -0.15) is 5.10 Å². The van der Waals surface area contributed by atoms with E-state index in [-0.39, 0.29) is 0 Å². The zero-order valence-corrected chi connectivity index (χ0v) is 16.2. The maximum atomic E-state index is 12.0. The fourth-order valence-electron chi connectivity index (χ4n) is 2.85. The number of nitrogens with zero attached hydrogens (tertiary/aromatic N) is 2. The highest BCUT2D eigenvalue weighted by molar-refractivity contribution is 6.35. The Morgan fingerprint density at radius 3 is 2.39 bits per heavy atom. The highest BCUT2D eigenvalue weighted by atomic mass is 35.5. The van der Waals surface area contributed by atoms with Crippen LogP contribution < -0.4 is 10.2 Å². The lowest BCUT2D eigenvalue weighted by atomic mass is 10.1. The van der Waals surface area contributed by atoms with Crippen molar-refractivity contribution in [3.05, 3.63) is 64.7 Å². The number of hydrogen-bond acceptors (Lipinski definition) is 4. The van der Waals surface area contributed by atoms with E-state index in [1.807, 2.05) is 48.5 Å². The Labute approximate surface area is 169 Å². The number of halogens is 1. The van der Waals surface area contributed by atoms with Crippen LogP contribution in [0.3, 0.4) is 0 Å². The third kappa shape index (κ3) is 5.82. The Hall–Kier alpha value is -2.86. The molecular formula is C21H22ClN3O3. The molecule has 7 heteroatoms. The molecule has 28 heavy (non-hydrogen) atoms. The van der Waals surface area contributed by atoms with Gasteiger partial charge in [-0.25, -0.2) is 5.43 Å². The van der Waals surface area contributed by atoms with Gasteiger partial charge in [0, 0.05) is 18.1 Å². The molecule has 0 radical (unpaired) electrons. The molecule has 0 aliphatic carbocycles. The van der Waals surface area contributed by atoms with Crippen molar-refractivity contribution >= 4 is 29.6 Å². The molecule has 3 rings (SSSR count). The number of rotatable bonds is 5. The van der Waals surface area contributed by atoms with Crippen molar-refractivity contribution in [2.45, 2.75) is 25.9 Å². The summed E-state index contributed by atoms with van der Waals surface area (Å²) in [6.07, 6.45) is 4.47. The Kier molecular flexibility index (Phi) is 7.03. The van der Waals surface area contributed by atoms with E-state index in [1.165, 1.54) is 6.21 Å². The van der Waals surface area contributed by atoms with Crippen molar-refractivity contribution in [1.29, 1.82) is 0 Å². The van der Waals surface area contributed by atoms with Crippen LogP contribution in [0.1, 0.15) is 30.4 Å². The first-order valence-electron chi connectivity index (χ1n) is 9.21. The van der Waals surface area contributed by atoms with Crippen LogP contribution in [0.2, 0.25) is 5.02 Å². The summed E-state index contributed by atoms with van der Waals surface area (Å²) in [6, 6.07) is 14.7. The van der Waals surface area contributed by atoms with E-state index in [9.17, 15) is 9.59 Å². The minimum absolute atomic E-state index is 0.444. The zero-order valence-electron chi connectivity index (χ0n) is 15.4. The largest absolute Gasteiger partial charge is 0.489 e. The second-order valence-corrected chi connectivity index (χ2v) is 6.97. The fourth-order valence-corrected chi connectivity index (χ4v) is 2.98. The maximum Gasteiger partial charge on any atom is 0.329 e. The quantitative estimate of drug-likeness (QED) is 0.476. The smallest absolute Gasteiger partial charge is 0.329 e. The number of carbonyl (C=O) groups excluding carboxylic acids is 2. The first-order valence-corrected chi connectivity index (χ1v) is 9.59. The number of benzene rings is 2. The summed E-state index contributed by atoms with van der Waals surface area (Å²) in [4.78, 5) is 25.5. The van der Waals surface area contributed by atoms with Crippen LogP contribution in [0.15, 0.2) is 53.6 Å². The Morgan fingerprint density at radius 2 is 1.71 bits per heavy atom. The minimum atomic E-state index is -0.707. The molecule has 0 spiro atoms. The molecule has 146 valence electrons. The molecule has 0 unspecified atom stereocenters. The van der Waals surface area contributed by atoms with Crippen LogP contribution in [0.4, 0.5) is 0 Å². The van der Waals surface area contributed by atoms with Crippen molar-refractivity contribution in [3.8, 4) is 5.75 Å². The molecule has 1 heterocycles. The van der Waals surface area contributed by atoms with Crippen LogP contribution in [0.5, 0.6) is 5.75 Å². The van der Waals surface area contributed by atoms with Gasteiger partial charge < -0.3 is 9.64 Å². The maximum absolute atomic E-state index is 12.0. The van der Waals surface area contributed by atoms with E-state index in [0.717, 1.165) is 36.1 Å². The summed E-state index contributed by atoms with van der Waals surface area (Å²) in [6.45, 7) is 1.71. The van der Waals surface area contributed by atoms with Crippen molar-refractivity contribution < 1.29 is 14.3 Å². The number of nitrogens with one attached hydrogen (secondary N) is 1.